The van der Waals surface area contributed by atoms with Gasteiger partial charge in [-0.3, -0.25) is 0 Å². The zero-order valence-electron chi connectivity index (χ0n) is 11.7. The van der Waals surface area contributed by atoms with Crippen molar-refractivity contribution in [3.8, 4) is 0 Å². The number of carbonyl (C=O) groups excluding carboxylic acids is 1. The number of hydrogen-bond donors (Lipinski definition) is 0. The van der Waals surface area contributed by atoms with Crippen LogP contribution in [0.2, 0.25) is 10.0 Å². The molecule has 110 valence electrons. The lowest BCUT2D eigenvalue weighted by Gasteiger charge is -2.17. The van der Waals surface area contributed by atoms with Crippen LogP contribution in [0.25, 0.3) is 0 Å². The molecule has 1 aromatic carbocycles. The molecule has 0 N–H and O–H groups in total. The molecule has 20 heavy (non-hydrogen) atoms. The zero-order valence-corrected chi connectivity index (χ0v) is 15.4. The first-order chi connectivity index (χ1) is 9.11. The fourth-order valence-corrected chi connectivity index (χ4v) is 2.55. The zero-order chi connectivity index (χ0) is 15.5. The number of benzene rings is 1. The molecule has 0 saturated heterocycles. The van der Waals surface area contributed by atoms with Crippen LogP contribution < -0.4 is 0 Å². The number of rotatable bonds is 2. The summed E-state index contributed by atoms with van der Waals surface area (Å²) in [6.45, 7) is 7.26. The average molecular weight is 428 g/mol. The quantitative estimate of drug-likeness (QED) is 0.344. The van der Waals surface area contributed by atoms with Crippen molar-refractivity contribution >= 4 is 58.1 Å². The third-order valence-electron chi connectivity index (χ3n) is 2.35. The van der Waals surface area contributed by atoms with Gasteiger partial charge in [-0.2, -0.15) is 4.99 Å². The summed E-state index contributed by atoms with van der Waals surface area (Å²) in [7, 11) is 0. The molecule has 0 aliphatic carbocycles. The van der Waals surface area contributed by atoms with Crippen LogP contribution in [0, 0.1) is 3.57 Å². The van der Waals surface area contributed by atoms with Gasteiger partial charge in [0.05, 0.1) is 10.0 Å². The summed E-state index contributed by atoms with van der Waals surface area (Å²) in [5.74, 6) is -0.135. The average Bonchev–Trinajstić information content (AvgIpc) is 2.31. The van der Waals surface area contributed by atoms with E-state index in [4.69, 9.17) is 27.9 Å². The number of ether oxygens (including phenoxy) is 1. The first-order valence-corrected chi connectivity index (χ1v) is 7.86. The van der Waals surface area contributed by atoms with E-state index in [1.54, 1.807) is 20.8 Å². The van der Waals surface area contributed by atoms with Crippen LogP contribution in [0.3, 0.4) is 0 Å². The van der Waals surface area contributed by atoms with Gasteiger partial charge in [-0.15, -0.1) is 0 Å². The predicted octanol–water partition coefficient (Wildman–Crippen LogP) is 5.71. The first kappa shape index (κ1) is 17.7. The maximum atomic E-state index is 11.5. The summed E-state index contributed by atoms with van der Waals surface area (Å²) in [5, 5.41) is 1.00. The number of amides is 1. The maximum absolute atomic E-state index is 11.5. The highest BCUT2D eigenvalue weighted by atomic mass is 127. The van der Waals surface area contributed by atoms with E-state index in [-0.39, 0.29) is 5.92 Å². The van der Waals surface area contributed by atoms with Gasteiger partial charge < -0.3 is 4.74 Å². The Kier molecular flexibility index (Phi) is 6.28. The van der Waals surface area contributed by atoms with Crippen molar-refractivity contribution < 1.29 is 9.53 Å². The van der Waals surface area contributed by atoms with Gasteiger partial charge >= 0.3 is 6.09 Å². The van der Waals surface area contributed by atoms with Crippen LogP contribution in [0.15, 0.2) is 17.1 Å². The van der Waals surface area contributed by atoms with Crippen molar-refractivity contribution in [2.24, 2.45) is 4.99 Å². The molecule has 0 fully saturated rings. The summed E-state index contributed by atoms with van der Waals surface area (Å²) < 4.78 is 5.98. The van der Waals surface area contributed by atoms with Gasteiger partial charge in [-0.25, -0.2) is 4.79 Å². The summed E-state index contributed by atoms with van der Waals surface area (Å²) in [4.78, 5) is 15.3. The van der Waals surface area contributed by atoms with Crippen molar-refractivity contribution in [3.63, 3.8) is 0 Å². The molecular formula is C14H16Cl2INO2. The highest BCUT2D eigenvalue weighted by Gasteiger charge is 2.16. The van der Waals surface area contributed by atoms with E-state index in [1.165, 1.54) is 6.21 Å². The number of aliphatic imine (C=N–C) groups is 1. The lowest BCUT2D eigenvalue weighted by atomic mass is 10.0. The number of hydrogen-bond acceptors (Lipinski definition) is 2. The molecule has 0 saturated carbocycles. The third-order valence-corrected chi connectivity index (χ3v) is 4.47. The molecule has 0 heterocycles. The van der Waals surface area contributed by atoms with Gasteiger partial charge in [0, 0.05) is 15.7 Å². The number of nitrogens with zero attached hydrogens (tertiary/aromatic N) is 1. The van der Waals surface area contributed by atoms with Crippen molar-refractivity contribution in [3.05, 3.63) is 31.3 Å². The molecule has 6 heteroatoms. The lowest BCUT2D eigenvalue weighted by molar-refractivity contribution is 0.0604. The molecule has 0 aromatic heterocycles. The third kappa shape index (κ3) is 5.22. The Labute approximate surface area is 142 Å². The topological polar surface area (TPSA) is 38.7 Å². The highest BCUT2D eigenvalue weighted by Crippen LogP contribution is 2.33. The SMILES string of the molecule is CC(C=NC(=O)OC(C)(C)C)c1ccc(I)c(Cl)c1Cl. The van der Waals surface area contributed by atoms with E-state index in [2.05, 4.69) is 27.6 Å². The van der Waals surface area contributed by atoms with E-state index >= 15 is 0 Å². The Balaban J connectivity index is 2.84. The second-order valence-electron chi connectivity index (χ2n) is 5.31. The van der Waals surface area contributed by atoms with Crippen LogP contribution in [0.5, 0.6) is 0 Å². The van der Waals surface area contributed by atoms with Crippen LogP contribution in [-0.2, 0) is 4.74 Å². The van der Waals surface area contributed by atoms with Crippen molar-refractivity contribution in [1.29, 1.82) is 0 Å². The molecule has 0 spiro atoms. The van der Waals surface area contributed by atoms with E-state index in [0.717, 1.165) is 9.13 Å². The predicted molar refractivity (Wildman–Crippen MR) is 92.3 cm³/mol. The second kappa shape index (κ2) is 7.09. The normalized spacial score (nSPS) is 13.6. The van der Waals surface area contributed by atoms with E-state index < -0.39 is 11.7 Å². The lowest BCUT2D eigenvalue weighted by Crippen LogP contribution is -2.22. The number of carbonyl (C=O) groups is 1. The highest BCUT2D eigenvalue weighted by molar-refractivity contribution is 14.1. The van der Waals surface area contributed by atoms with Crippen molar-refractivity contribution in [2.45, 2.75) is 39.2 Å². The largest absolute Gasteiger partial charge is 0.442 e. The van der Waals surface area contributed by atoms with Gasteiger partial charge in [-0.1, -0.05) is 36.2 Å². The minimum atomic E-state index is -0.614. The summed E-state index contributed by atoms with van der Waals surface area (Å²) in [6, 6.07) is 3.75. The van der Waals surface area contributed by atoms with E-state index in [0.29, 0.717) is 10.0 Å². The first-order valence-electron chi connectivity index (χ1n) is 6.02. The monoisotopic (exact) mass is 427 g/mol. The minimum Gasteiger partial charge on any atom is -0.442 e. The summed E-state index contributed by atoms with van der Waals surface area (Å²) in [5.41, 5.74) is 0.269. The Hall–Kier alpha value is -0.330. The standard InChI is InChI=1S/C14H16Cl2INO2/c1-8(7-18-13(19)20-14(2,3)4)9-5-6-10(17)12(16)11(9)15/h5-8H,1-4H3. The maximum Gasteiger partial charge on any atom is 0.433 e. The number of halogens is 3. The smallest absolute Gasteiger partial charge is 0.433 e. The fourth-order valence-electron chi connectivity index (χ4n) is 1.43. The molecule has 0 aliphatic rings. The van der Waals surface area contributed by atoms with Crippen LogP contribution in [0.4, 0.5) is 4.79 Å². The van der Waals surface area contributed by atoms with Crippen molar-refractivity contribution in [2.75, 3.05) is 0 Å². The molecule has 1 amide bonds. The molecule has 1 aromatic rings. The molecule has 0 bridgehead atoms. The molecular weight excluding hydrogens is 412 g/mol. The second-order valence-corrected chi connectivity index (χ2v) is 7.23. The molecule has 0 aliphatic heterocycles. The van der Waals surface area contributed by atoms with Crippen LogP contribution in [-0.4, -0.2) is 17.9 Å². The summed E-state index contributed by atoms with van der Waals surface area (Å²) in [6.07, 6.45) is 0.899. The molecule has 3 nitrogen and oxygen atoms in total. The molecule has 0 radical (unpaired) electrons. The van der Waals surface area contributed by atoms with Gasteiger partial charge in [-0.05, 0) is 55.0 Å². The van der Waals surface area contributed by atoms with Gasteiger partial charge in [0.15, 0.2) is 0 Å². The molecule has 1 rings (SSSR count). The van der Waals surface area contributed by atoms with Gasteiger partial charge in [0.2, 0.25) is 0 Å². The van der Waals surface area contributed by atoms with E-state index in [1.807, 2.05) is 19.1 Å². The van der Waals surface area contributed by atoms with Crippen molar-refractivity contribution in [1.82, 2.24) is 0 Å². The Morgan fingerprint density at radius 1 is 1.35 bits per heavy atom. The fraction of sp³-hybridized carbons (Fsp3) is 0.429. The van der Waals surface area contributed by atoms with Crippen LogP contribution in [0.1, 0.15) is 39.2 Å². The molecule has 1 atom stereocenters. The Bertz CT molecular complexity index is 539. The minimum absolute atomic E-state index is 0.135. The Morgan fingerprint density at radius 3 is 2.50 bits per heavy atom. The Morgan fingerprint density at radius 2 is 1.95 bits per heavy atom. The van der Waals surface area contributed by atoms with Crippen LogP contribution >= 0.6 is 45.8 Å². The van der Waals surface area contributed by atoms with Gasteiger partial charge in [0.25, 0.3) is 0 Å². The summed E-state index contributed by atoms with van der Waals surface area (Å²) >= 11 is 14.4. The van der Waals surface area contributed by atoms with Gasteiger partial charge in [0.1, 0.15) is 5.60 Å². The molecule has 1 unspecified atom stereocenters. The van der Waals surface area contributed by atoms with E-state index in [9.17, 15) is 4.79 Å².